The first-order valence-corrected chi connectivity index (χ1v) is 6.43. The Labute approximate surface area is 122 Å². The number of nitrogens with one attached hydrogen (secondary N) is 2. The second-order valence-corrected chi connectivity index (χ2v) is 4.02. The summed E-state index contributed by atoms with van der Waals surface area (Å²) in [5, 5.41) is 0. The van der Waals surface area contributed by atoms with E-state index >= 15 is 0 Å². The molecule has 0 unspecified atom stereocenters. The molecule has 1 aromatic rings. The summed E-state index contributed by atoms with van der Waals surface area (Å²) < 4.78 is 9.58. The zero-order valence-corrected chi connectivity index (χ0v) is 12.0. The molecule has 0 aliphatic rings. The zero-order chi connectivity index (χ0) is 15.7. The molecule has 2 amide bonds. The van der Waals surface area contributed by atoms with E-state index in [9.17, 15) is 14.4 Å². The standard InChI is InChI=1S/C14H18N2O5/c1-3-21-9-8-12(17)15-16-13(18)10-4-6-11(7-5-10)14(19)20-2/h4-7H,3,8-9H2,1-2H3,(H,15,17)(H,16,18). The predicted molar refractivity (Wildman–Crippen MR) is 74.5 cm³/mol. The lowest BCUT2D eigenvalue weighted by Gasteiger charge is -2.07. The van der Waals surface area contributed by atoms with Crippen molar-refractivity contribution in [1.29, 1.82) is 0 Å². The molecule has 0 bridgehead atoms. The topological polar surface area (TPSA) is 93.7 Å². The van der Waals surface area contributed by atoms with Crippen LogP contribution in [0.25, 0.3) is 0 Å². The van der Waals surface area contributed by atoms with E-state index in [2.05, 4.69) is 15.6 Å². The minimum atomic E-state index is -0.480. The van der Waals surface area contributed by atoms with E-state index in [4.69, 9.17) is 4.74 Å². The molecular weight excluding hydrogens is 276 g/mol. The normalized spacial score (nSPS) is 9.81. The molecule has 7 heteroatoms. The number of hydrogen-bond acceptors (Lipinski definition) is 5. The van der Waals surface area contributed by atoms with Gasteiger partial charge < -0.3 is 9.47 Å². The molecule has 0 aliphatic heterocycles. The highest BCUT2D eigenvalue weighted by Crippen LogP contribution is 2.05. The van der Waals surface area contributed by atoms with Crippen molar-refractivity contribution in [2.24, 2.45) is 0 Å². The highest BCUT2D eigenvalue weighted by Gasteiger charge is 2.09. The fourth-order valence-electron chi connectivity index (χ4n) is 1.45. The number of ether oxygens (including phenoxy) is 2. The second-order valence-electron chi connectivity index (χ2n) is 4.02. The van der Waals surface area contributed by atoms with E-state index in [1.54, 1.807) is 0 Å². The number of hydrazine groups is 1. The Hall–Kier alpha value is -2.41. The van der Waals surface area contributed by atoms with E-state index in [1.807, 2.05) is 6.92 Å². The highest BCUT2D eigenvalue weighted by atomic mass is 16.5. The second kappa shape index (κ2) is 8.70. The van der Waals surface area contributed by atoms with Gasteiger partial charge in [0.05, 0.1) is 25.7 Å². The lowest BCUT2D eigenvalue weighted by Crippen LogP contribution is -2.41. The van der Waals surface area contributed by atoms with Crippen molar-refractivity contribution in [2.45, 2.75) is 13.3 Å². The minimum absolute atomic E-state index is 0.162. The van der Waals surface area contributed by atoms with Crippen LogP contribution in [0.5, 0.6) is 0 Å². The Morgan fingerprint density at radius 2 is 1.67 bits per heavy atom. The van der Waals surface area contributed by atoms with Gasteiger partial charge in [-0.05, 0) is 31.2 Å². The third-order valence-corrected chi connectivity index (χ3v) is 2.56. The largest absolute Gasteiger partial charge is 0.465 e. The van der Waals surface area contributed by atoms with Crippen LogP contribution in [0, 0.1) is 0 Å². The maximum Gasteiger partial charge on any atom is 0.337 e. The summed E-state index contributed by atoms with van der Waals surface area (Å²) in [4.78, 5) is 34.4. The van der Waals surface area contributed by atoms with Crippen molar-refractivity contribution in [3.8, 4) is 0 Å². The van der Waals surface area contributed by atoms with Crippen LogP contribution in [0.1, 0.15) is 34.1 Å². The third kappa shape index (κ3) is 5.62. The number of amides is 2. The summed E-state index contributed by atoms with van der Waals surface area (Å²) in [5.41, 5.74) is 5.21. The molecular formula is C14H18N2O5. The molecule has 0 saturated carbocycles. The Balaban J connectivity index is 2.45. The van der Waals surface area contributed by atoms with E-state index in [1.165, 1.54) is 31.4 Å². The molecule has 0 saturated heterocycles. The van der Waals surface area contributed by atoms with E-state index in [0.29, 0.717) is 24.3 Å². The first-order valence-electron chi connectivity index (χ1n) is 6.43. The molecule has 7 nitrogen and oxygen atoms in total. The Morgan fingerprint density at radius 3 is 2.24 bits per heavy atom. The van der Waals surface area contributed by atoms with Crippen LogP contribution in [-0.2, 0) is 14.3 Å². The molecule has 0 aliphatic carbocycles. The molecule has 0 radical (unpaired) electrons. The van der Waals surface area contributed by atoms with Gasteiger partial charge in [-0.15, -0.1) is 0 Å². The molecule has 2 N–H and O–H groups in total. The van der Waals surface area contributed by atoms with Gasteiger partial charge in [-0.2, -0.15) is 0 Å². The van der Waals surface area contributed by atoms with Crippen LogP contribution in [0.2, 0.25) is 0 Å². The van der Waals surface area contributed by atoms with Gasteiger partial charge in [0, 0.05) is 12.2 Å². The predicted octanol–water partition coefficient (Wildman–Crippen LogP) is 0.661. The summed E-state index contributed by atoms with van der Waals surface area (Å²) in [6.45, 7) is 2.66. The molecule has 114 valence electrons. The molecule has 0 aromatic heterocycles. The summed E-state index contributed by atoms with van der Waals surface area (Å²) in [5.74, 6) is -1.30. The number of benzene rings is 1. The molecule has 0 fully saturated rings. The number of rotatable bonds is 6. The van der Waals surface area contributed by atoms with Gasteiger partial charge in [0.15, 0.2) is 0 Å². The van der Waals surface area contributed by atoms with Crippen molar-refractivity contribution in [2.75, 3.05) is 20.3 Å². The van der Waals surface area contributed by atoms with Crippen LogP contribution >= 0.6 is 0 Å². The monoisotopic (exact) mass is 294 g/mol. The maximum absolute atomic E-state index is 11.8. The van der Waals surface area contributed by atoms with Crippen molar-refractivity contribution >= 4 is 17.8 Å². The quantitative estimate of drug-likeness (QED) is 0.457. The first-order chi connectivity index (χ1) is 10.1. The van der Waals surface area contributed by atoms with Gasteiger partial charge in [-0.3, -0.25) is 20.4 Å². The van der Waals surface area contributed by atoms with Gasteiger partial charge in [-0.25, -0.2) is 4.79 Å². The smallest absolute Gasteiger partial charge is 0.337 e. The molecule has 0 atom stereocenters. The molecule has 1 aromatic carbocycles. The number of carbonyl (C=O) groups is 3. The molecule has 0 spiro atoms. The van der Waals surface area contributed by atoms with Crippen molar-refractivity contribution in [1.82, 2.24) is 10.9 Å². The maximum atomic E-state index is 11.8. The van der Waals surface area contributed by atoms with Crippen molar-refractivity contribution in [3.63, 3.8) is 0 Å². The Morgan fingerprint density at radius 1 is 1.05 bits per heavy atom. The van der Waals surface area contributed by atoms with Gasteiger partial charge in [0.1, 0.15) is 0 Å². The lowest BCUT2D eigenvalue weighted by molar-refractivity contribution is -0.122. The van der Waals surface area contributed by atoms with E-state index < -0.39 is 11.9 Å². The molecule has 0 heterocycles. The SMILES string of the molecule is CCOCCC(=O)NNC(=O)c1ccc(C(=O)OC)cc1. The fourth-order valence-corrected chi connectivity index (χ4v) is 1.45. The van der Waals surface area contributed by atoms with Crippen LogP contribution in [0.15, 0.2) is 24.3 Å². The van der Waals surface area contributed by atoms with Crippen molar-refractivity contribution in [3.05, 3.63) is 35.4 Å². The Kier molecular flexibility index (Phi) is 6.90. The number of hydrogen-bond donors (Lipinski definition) is 2. The molecule has 21 heavy (non-hydrogen) atoms. The fraction of sp³-hybridized carbons (Fsp3) is 0.357. The van der Waals surface area contributed by atoms with Crippen LogP contribution in [0.3, 0.4) is 0 Å². The minimum Gasteiger partial charge on any atom is -0.465 e. The van der Waals surface area contributed by atoms with E-state index in [0.717, 1.165) is 0 Å². The highest BCUT2D eigenvalue weighted by molar-refractivity contribution is 5.97. The number of methoxy groups -OCH3 is 1. The van der Waals surface area contributed by atoms with Crippen LogP contribution in [-0.4, -0.2) is 38.1 Å². The third-order valence-electron chi connectivity index (χ3n) is 2.56. The summed E-state index contributed by atoms with van der Waals surface area (Å²) in [6.07, 6.45) is 0.162. The van der Waals surface area contributed by atoms with Crippen LogP contribution in [0.4, 0.5) is 0 Å². The summed E-state index contributed by atoms with van der Waals surface area (Å²) >= 11 is 0. The van der Waals surface area contributed by atoms with Gasteiger partial charge in [0.2, 0.25) is 5.91 Å². The van der Waals surface area contributed by atoms with Crippen LogP contribution < -0.4 is 10.9 Å². The van der Waals surface area contributed by atoms with Gasteiger partial charge >= 0.3 is 5.97 Å². The zero-order valence-electron chi connectivity index (χ0n) is 12.0. The average molecular weight is 294 g/mol. The Bertz CT molecular complexity index is 499. The van der Waals surface area contributed by atoms with Gasteiger partial charge in [0.25, 0.3) is 5.91 Å². The molecule has 1 rings (SSSR count). The summed E-state index contributed by atoms with van der Waals surface area (Å²) in [7, 11) is 1.28. The number of carbonyl (C=O) groups excluding carboxylic acids is 3. The first kappa shape index (κ1) is 16.6. The van der Waals surface area contributed by atoms with Gasteiger partial charge in [-0.1, -0.05) is 0 Å². The average Bonchev–Trinajstić information content (AvgIpc) is 2.52. The lowest BCUT2D eigenvalue weighted by atomic mass is 10.1. The number of esters is 1. The van der Waals surface area contributed by atoms with Crippen molar-refractivity contribution < 1.29 is 23.9 Å². The summed E-state index contributed by atoms with van der Waals surface area (Å²) in [6, 6.07) is 5.87. The van der Waals surface area contributed by atoms with E-state index in [-0.39, 0.29) is 12.3 Å².